The second-order valence-electron chi connectivity index (χ2n) is 5.49. The molecule has 0 fully saturated rings. The molecule has 102 valence electrons. The zero-order chi connectivity index (χ0) is 14.9. The van der Waals surface area contributed by atoms with Crippen molar-refractivity contribution in [3.8, 4) is 11.8 Å². The van der Waals surface area contributed by atoms with Gasteiger partial charge in [-0.1, -0.05) is 38.4 Å². The molecule has 0 unspecified atom stereocenters. The Labute approximate surface area is 122 Å². The Morgan fingerprint density at radius 2 is 2.10 bits per heavy atom. The fourth-order valence-corrected chi connectivity index (χ4v) is 2.22. The van der Waals surface area contributed by atoms with Crippen LogP contribution in [0.15, 0.2) is 24.3 Å². The van der Waals surface area contributed by atoms with Crippen molar-refractivity contribution in [3.63, 3.8) is 0 Å². The summed E-state index contributed by atoms with van der Waals surface area (Å²) in [4.78, 5) is 11.3. The van der Waals surface area contributed by atoms with Gasteiger partial charge >= 0.3 is 0 Å². The molecule has 2 rings (SSSR count). The molecule has 0 N–H and O–H groups in total. The van der Waals surface area contributed by atoms with E-state index in [1.807, 2.05) is 20.8 Å². The number of aromatic nitrogens is 2. The maximum atomic E-state index is 11.3. The average molecular weight is 288 g/mol. The molecule has 0 saturated carbocycles. The number of rotatable bonds is 2. The standard InChI is InChI=1S/C15H14ClN3O/c1-15(2,3)13-12(9-20)14(16)19(18-13)11-6-4-5-10(7-11)8-17/h4-7,9H,1-3H3. The summed E-state index contributed by atoms with van der Waals surface area (Å²) >= 11 is 6.25. The Kier molecular flexibility index (Phi) is 3.65. The molecule has 0 atom stereocenters. The largest absolute Gasteiger partial charge is 0.298 e. The molecular weight excluding hydrogens is 274 g/mol. The predicted octanol–water partition coefficient (Wildman–Crippen LogP) is 3.51. The molecule has 1 aromatic carbocycles. The van der Waals surface area contributed by atoms with E-state index in [9.17, 15) is 4.79 Å². The normalized spacial score (nSPS) is 11.2. The van der Waals surface area contributed by atoms with Crippen molar-refractivity contribution in [2.45, 2.75) is 26.2 Å². The number of nitriles is 1. The molecular formula is C15H14ClN3O. The van der Waals surface area contributed by atoms with Gasteiger partial charge in [0, 0.05) is 5.41 Å². The van der Waals surface area contributed by atoms with Crippen LogP contribution in [0.1, 0.15) is 42.4 Å². The van der Waals surface area contributed by atoms with E-state index >= 15 is 0 Å². The summed E-state index contributed by atoms with van der Waals surface area (Å²) in [5.74, 6) is 0. The number of hydrogen-bond acceptors (Lipinski definition) is 3. The highest BCUT2D eigenvalue weighted by molar-refractivity contribution is 6.32. The van der Waals surface area contributed by atoms with Crippen molar-refractivity contribution >= 4 is 17.9 Å². The van der Waals surface area contributed by atoms with Crippen LogP contribution in [0.4, 0.5) is 0 Å². The van der Waals surface area contributed by atoms with E-state index in [0.29, 0.717) is 22.5 Å². The summed E-state index contributed by atoms with van der Waals surface area (Å²) < 4.78 is 1.49. The van der Waals surface area contributed by atoms with E-state index in [1.54, 1.807) is 24.3 Å². The summed E-state index contributed by atoms with van der Waals surface area (Å²) in [6.45, 7) is 5.90. The van der Waals surface area contributed by atoms with Gasteiger partial charge in [-0.15, -0.1) is 0 Å². The first kappa shape index (κ1) is 14.3. The monoisotopic (exact) mass is 287 g/mol. The molecule has 0 saturated heterocycles. The lowest BCUT2D eigenvalue weighted by Gasteiger charge is -2.15. The van der Waals surface area contributed by atoms with Crippen LogP contribution >= 0.6 is 11.6 Å². The molecule has 1 heterocycles. The van der Waals surface area contributed by atoms with Crippen LogP contribution < -0.4 is 0 Å². The van der Waals surface area contributed by atoms with Crippen LogP contribution in [0.25, 0.3) is 5.69 Å². The third kappa shape index (κ3) is 2.45. The van der Waals surface area contributed by atoms with Crippen molar-refractivity contribution in [2.75, 3.05) is 0 Å². The molecule has 0 aliphatic carbocycles. The molecule has 20 heavy (non-hydrogen) atoms. The van der Waals surface area contributed by atoms with Gasteiger partial charge in [0.15, 0.2) is 6.29 Å². The maximum absolute atomic E-state index is 11.3. The van der Waals surface area contributed by atoms with E-state index in [-0.39, 0.29) is 10.6 Å². The molecule has 0 amide bonds. The van der Waals surface area contributed by atoms with Gasteiger partial charge in [-0.2, -0.15) is 10.4 Å². The van der Waals surface area contributed by atoms with Gasteiger partial charge in [-0.25, -0.2) is 4.68 Å². The molecule has 5 heteroatoms. The van der Waals surface area contributed by atoms with Gasteiger partial charge in [0.05, 0.1) is 28.6 Å². The Morgan fingerprint density at radius 1 is 1.40 bits per heavy atom. The van der Waals surface area contributed by atoms with Crippen LogP contribution in [0.5, 0.6) is 0 Å². The second-order valence-corrected chi connectivity index (χ2v) is 5.85. The van der Waals surface area contributed by atoms with Gasteiger partial charge in [0.25, 0.3) is 0 Å². The Morgan fingerprint density at radius 3 is 2.60 bits per heavy atom. The second kappa shape index (κ2) is 5.10. The van der Waals surface area contributed by atoms with E-state index in [0.717, 1.165) is 6.29 Å². The highest BCUT2D eigenvalue weighted by Gasteiger charge is 2.26. The number of benzene rings is 1. The minimum absolute atomic E-state index is 0.264. The molecule has 2 aromatic rings. The maximum Gasteiger partial charge on any atom is 0.155 e. The van der Waals surface area contributed by atoms with Crippen molar-refractivity contribution in [2.24, 2.45) is 0 Å². The fraction of sp³-hybridized carbons (Fsp3) is 0.267. The Balaban J connectivity index is 2.67. The lowest BCUT2D eigenvalue weighted by Crippen LogP contribution is -2.14. The van der Waals surface area contributed by atoms with Gasteiger partial charge in [0.1, 0.15) is 5.15 Å². The molecule has 0 bridgehead atoms. The molecule has 0 aliphatic rings. The molecule has 0 spiro atoms. The van der Waals surface area contributed by atoms with Crippen LogP contribution in [0.3, 0.4) is 0 Å². The minimum atomic E-state index is -0.294. The van der Waals surface area contributed by atoms with E-state index in [2.05, 4.69) is 11.2 Å². The first-order valence-corrected chi connectivity index (χ1v) is 6.51. The van der Waals surface area contributed by atoms with Crippen LogP contribution in [0, 0.1) is 11.3 Å². The Hall–Kier alpha value is -2.12. The smallest absolute Gasteiger partial charge is 0.155 e. The topological polar surface area (TPSA) is 58.7 Å². The SMILES string of the molecule is CC(C)(C)c1nn(-c2cccc(C#N)c2)c(Cl)c1C=O. The summed E-state index contributed by atoms with van der Waals surface area (Å²) in [5, 5.41) is 13.7. The predicted molar refractivity (Wildman–Crippen MR) is 77.4 cm³/mol. The fourth-order valence-electron chi connectivity index (χ4n) is 1.95. The lowest BCUT2D eigenvalue weighted by atomic mass is 9.90. The lowest BCUT2D eigenvalue weighted by molar-refractivity contribution is 0.112. The first-order chi connectivity index (χ1) is 9.38. The van der Waals surface area contributed by atoms with E-state index < -0.39 is 0 Å². The molecule has 4 nitrogen and oxygen atoms in total. The van der Waals surface area contributed by atoms with Crippen molar-refractivity contribution in [1.82, 2.24) is 9.78 Å². The number of carbonyl (C=O) groups excluding carboxylic acids is 1. The summed E-state index contributed by atoms with van der Waals surface area (Å²) in [6, 6.07) is 9.00. The third-order valence-corrected chi connectivity index (χ3v) is 3.28. The molecule has 0 radical (unpaired) electrons. The Bertz CT molecular complexity index is 705. The number of nitrogens with zero attached hydrogens (tertiary/aromatic N) is 3. The average Bonchev–Trinajstić information content (AvgIpc) is 2.75. The van der Waals surface area contributed by atoms with Gasteiger partial charge < -0.3 is 0 Å². The highest BCUT2D eigenvalue weighted by Crippen LogP contribution is 2.30. The van der Waals surface area contributed by atoms with Crippen molar-refractivity contribution < 1.29 is 4.79 Å². The van der Waals surface area contributed by atoms with E-state index in [1.165, 1.54) is 4.68 Å². The number of aldehydes is 1. The van der Waals surface area contributed by atoms with Crippen LogP contribution in [0.2, 0.25) is 5.15 Å². The quantitative estimate of drug-likeness (QED) is 0.794. The van der Waals surface area contributed by atoms with Crippen LogP contribution in [-0.2, 0) is 5.41 Å². The van der Waals surface area contributed by atoms with Gasteiger partial charge in [0.2, 0.25) is 0 Å². The van der Waals surface area contributed by atoms with Crippen molar-refractivity contribution in [3.05, 3.63) is 46.2 Å². The van der Waals surface area contributed by atoms with Crippen LogP contribution in [-0.4, -0.2) is 16.1 Å². The minimum Gasteiger partial charge on any atom is -0.298 e. The summed E-state index contributed by atoms with van der Waals surface area (Å²) in [6.07, 6.45) is 0.723. The third-order valence-electron chi connectivity index (χ3n) is 2.91. The summed E-state index contributed by atoms with van der Waals surface area (Å²) in [5.41, 5.74) is 1.91. The molecule has 0 aliphatic heterocycles. The molecule has 1 aromatic heterocycles. The summed E-state index contributed by atoms with van der Waals surface area (Å²) in [7, 11) is 0. The number of carbonyl (C=O) groups is 1. The first-order valence-electron chi connectivity index (χ1n) is 6.13. The van der Waals surface area contributed by atoms with Gasteiger partial charge in [-0.05, 0) is 18.2 Å². The van der Waals surface area contributed by atoms with Gasteiger partial charge in [-0.3, -0.25) is 4.79 Å². The zero-order valence-electron chi connectivity index (χ0n) is 11.5. The number of hydrogen-bond donors (Lipinski definition) is 0. The zero-order valence-corrected chi connectivity index (χ0v) is 12.3. The van der Waals surface area contributed by atoms with Crippen molar-refractivity contribution in [1.29, 1.82) is 5.26 Å². The number of halogens is 1. The highest BCUT2D eigenvalue weighted by atomic mass is 35.5. The van der Waals surface area contributed by atoms with E-state index in [4.69, 9.17) is 16.9 Å².